The van der Waals surface area contributed by atoms with Gasteiger partial charge in [0.2, 0.25) is 5.88 Å². The first kappa shape index (κ1) is 18.5. The second-order valence-electron chi connectivity index (χ2n) is 6.50. The predicted molar refractivity (Wildman–Crippen MR) is 111 cm³/mol. The molecule has 4 rings (SSSR count). The summed E-state index contributed by atoms with van der Waals surface area (Å²) < 4.78 is 11.3. The highest BCUT2D eigenvalue weighted by Crippen LogP contribution is 2.33. The summed E-state index contributed by atoms with van der Waals surface area (Å²) in [5.41, 5.74) is 2.63. The Bertz CT molecular complexity index is 1180. The van der Waals surface area contributed by atoms with Gasteiger partial charge in [0.15, 0.2) is 0 Å². The SMILES string of the molecule is COc1ncccc1-c1ccc(C(=O)O)c(OCc2cccc3ccccc23)c1. The molecule has 0 saturated heterocycles. The maximum absolute atomic E-state index is 11.7. The van der Waals surface area contributed by atoms with Crippen LogP contribution in [0.25, 0.3) is 21.9 Å². The molecule has 0 aliphatic heterocycles. The zero-order chi connectivity index (χ0) is 20.2. The minimum absolute atomic E-state index is 0.108. The molecular formula is C24H19NO4. The van der Waals surface area contributed by atoms with Crippen molar-refractivity contribution in [2.75, 3.05) is 7.11 Å². The van der Waals surface area contributed by atoms with Crippen LogP contribution in [0.4, 0.5) is 0 Å². The lowest BCUT2D eigenvalue weighted by Gasteiger charge is -2.14. The zero-order valence-electron chi connectivity index (χ0n) is 15.8. The number of carboxylic acids is 1. The Balaban J connectivity index is 1.71. The fourth-order valence-corrected chi connectivity index (χ4v) is 3.33. The first-order chi connectivity index (χ1) is 14.2. The third-order valence-corrected chi connectivity index (χ3v) is 4.75. The van der Waals surface area contributed by atoms with E-state index in [1.807, 2.05) is 48.5 Å². The Morgan fingerprint density at radius 3 is 2.66 bits per heavy atom. The lowest BCUT2D eigenvalue weighted by atomic mass is 10.0. The van der Waals surface area contributed by atoms with Gasteiger partial charge in [-0.25, -0.2) is 9.78 Å². The number of rotatable bonds is 6. The van der Waals surface area contributed by atoms with Crippen molar-refractivity contribution in [2.24, 2.45) is 0 Å². The molecule has 5 nitrogen and oxygen atoms in total. The van der Waals surface area contributed by atoms with Gasteiger partial charge in [-0.2, -0.15) is 0 Å². The van der Waals surface area contributed by atoms with Crippen molar-refractivity contribution < 1.29 is 19.4 Å². The fourth-order valence-electron chi connectivity index (χ4n) is 3.33. The highest BCUT2D eigenvalue weighted by atomic mass is 16.5. The molecule has 0 saturated carbocycles. The summed E-state index contributed by atoms with van der Waals surface area (Å²) in [4.78, 5) is 15.9. The van der Waals surface area contributed by atoms with Crippen molar-refractivity contribution in [3.05, 3.63) is 90.1 Å². The van der Waals surface area contributed by atoms with Crippen LogP contribution in [0.2, 0.25) is 0 Å². The van der Waals surface area contributed by atoms with Crippen molar-refractivity contribution in [3.63, 3.8) is 0 Å². The van der Waals surface area contributed by atoms with Crippen molar-refractivity contribution in [2.45, 2.75) is 6.61 Å². The van der Waals surface area contributed by atoms with Gasteiger partial charge in [-0.05, 0) is 46.2 Å². The molecule has 29 heavy (non-hydrogen) atoms. The quantitative estimate of drug-likeness (QED) is 0.495. The minimum Gasteiger partial charge on any atom is -0.488 e. The molecule has 0 spiro atoms. The zero-order valence-corrected chi connectivity index (χ0v) is 15.8. The van der Waals surface area contributed by atoms with Gasteiger partial charge >= 0.3 is 5.97 Å². The summed E-state index contributed by atoms with van der Waals surface area (Å²) in [6.07, 6.45) is 1.64. The first-order valence-corrected chi connectivity index (χ1v) is 9.13. The lowest BCUT2D eigenvalue weighted by Crippen LogP contribution is -2.04. The Morgan fingerprint density at radius 2 is 1.83 bits per heavy atom. The number of hydrogen-bond acceptors (Lipinski definition) is 4. The van der Waals surface area contributed by atoms with E-state index in [1.54, 1.807) is 37.6 Å². The molecule has 0 aliphatic carbocycles. The molecule has 0 unspecified atom stereocenters. The van der Waals surface area contributed by atoms with E-state index in [0.717, 1.165) is 27.5 Å². The second-order valence-corrected chi connectivity index (χ2v) is 6.50. The Morgan fingerprint density at radius 1 is 1.00 bits per heavy atom. The van der Waals surface area contributed by atoms with E-state index < -0.39 is 5.97 Å². The first-order valence-electron chi connectivity index (χ1n) is 9.13. The lowest BCUT2D eigenvalue weighted by molar-refractivity contribution is 0.0692. The summed E-state index contributed by atoms with van der Waals surface area (Å²) in [5, 5.41) is 11.8. The molecule has 5 heteroatoms. The summed E-state index contributed by atoms with van der Waals surface area (Å²) in [6, 6.07) is 22.7. The maximum atomic E-state index is 11.7. The van der Waals surface area contributed by atoms with Crippen LogP contribution in [0.3, 0.4) is 0 Å². The number of aromatic nitrogens is 1. The topological polar surface area (TPSA) is 68.7 Å². The van der Waals surface area contributed by atoms with E-state index in [9.17, 15) is 9.90 Å². The van der Waals surface area contributed by atoms with Gasteiger partial charge in [-0.3, -0.25) is 0 Å². The molecule has 3 aromatic carbocycles. The maximum Gasteiger partial charge on any atom is 0.339 e. The number of ether oxygens (including phenoxy) is 2. The van der Waals surface area contributed by atoms with Crippen LogP contribution >= 0.6 is 0 Å². The van der Waals surface area contributed by atoms with Crippen LogP contribution in [-0.2, 0) is 6.61 Å². The Hall–Kier alpha value is -3.86. The number of benzene rings is 3. The van der Waals surface area contributed by atoms with Gasteiger partial charge in [0.25, 0.3) is 0 Å². The van der Waals surface area contributed by atoms with Crippen molar-refractivity contribution in [1.82, 2.24) is 4.98 Å². The van der Waals surface area contributed by atoms with Crippen LogP contribution in [0.5, 0.6) is 11.6 Å². The van der Waals surface area contributed by atoms with E-state index in [0.29, 0.717) is 11.6 Å². The highest BCUT2D eigenvalue weighted by Gasteiger charge is 2.15. The van der Waals surface area contributed by atoms with Crippen LogP contribution in [0, 0.1) is 0 Å². The normalized spacial score (nSPS) is 10.7. The average Bonchev–Trinajstić information content (AvgIpc) is 2.77. The number of carbonyl (C=O) groups is 1. The van der Waals surface area contributed by atoms with Gasteiger partial charge in [-0.15, -0.1) is 0 Å². The van der Waals surface area contributed by atoms with Crippen LogP contribution < -0.4 is 9.47 Å². The van der Waals surface area contributed by atoms with Gasteiger partial charge in [0, 0.05) is 11.8 Å². The minimum atomic E-state index is -1.04. The number of nitrogens with zero attached hydrogens (tertiary/aromatic N) is 1. The highest BCUT2D eigenvalue weighted by molar-refractivity contribution is 5.92. The molecule has 0 atom stereocenters. The number of fused-ring (bicyclic) bond motifs is 1. The number of hydrogen-bond donors (Lipinski definition) is 1. The number of aromatic carboxylic acids is 1. The van der Waals surface area contributed by atoms with E-state index in [4.69, 9.17) is 9.47 Å². The standard InChI is InChI=1S/C24H19NO4/c1-28-23-20(10-5-13-25-23)17-11-12-21(24(26)27)22(14-17)29-15-18-8-4-7-16-6-2-3-9-19(16)18/h2-14H,15H2,1H3,(H,26,27). The third kappa shape index (κ3) is 3.75. The molecule has 144 valence electrons. The molecular weight excluding hydrogens is 366 g/mol. The molecule has 0 aliphatic rings. The number of pyridine rings is 1. The predicted octanol–water partition coefficient (Wildman–Crippen LogP) is 5.19. The Kier molecular flexibility index (Phi) is 5.12. The van der Waals surface area contributed by atoms with E-state index >= 15 is 0 Å². The summed E-state index contributed by atoms with van der Waals surface area (Å²) in [5.74, 6) is -0.271. The van der Waals surface area contributed by atoms with Gasteiger partial charge in [0.1, 0.15) is 17.9 Å². The van der Waals surface area contributed by atoms with Crippen molar-refractivity contribution in [1.29, 1.82) is 0 Å². The Labute approximate surface area is 168 Å². The van der Waals surface area contributed by atoms with Crippen LogP contribution in [-0.4, -0.2) is 23.2 Å². The second kappa shape index (κ2) is 8.02. The monoisotopic (exact) mass is 385 g/mol. The fraction of sp³-hybridized carbons (Fsp3) is 0.0833. The summed E-state index contributed by atoms with van der Waals surface area (Å²) in [7, 11) is 1.55. The van der Waals surface area contributed by atoms with Crippen molar-refractivity contribution >= 4 is 16.7 Å². The number of carboxylic acid groups (broad SMARTS) is 1. The van der Waals surface area contributed by atoms with Crippen LogP contribution in [0.1, 0.15) is 15.9 Å². The third-order valence-electron chi connectivity index (χ3n) is 4.75. The van der Waals surface area contributed by atoms with E-state index in [-0.39, 0.29) is 12.2 Å². The van der Waals surface area contributed by atoms with E-state index in [1.165, 1.54) is 0 Å². The van der Waals surface area contributed by atoms with Gasteiger partial charge < -0.3 is 14.6 Å². The van der Waals surface area contributed by atoms with Gasteiger partial charge in [-0.1, -0.05) is 48.5 Å². The molecule has 1 aromatic heterocycles. The molecule has 0 amide bonds. The van der Waals surface area contributed by atoms with Crippen molar-refractivity contribution in [3.8, 4) is 22.8 Å². The average molecular weight is 385 g/mol. The summed E-state index contributed by atoms with van der Waals surface area (Å²) >= 11 is 0. The van der Waals surface area contributed by atoms with Gasteiger partial charge in [0.05, 0.1) is 7.11 Å². The molecule has 1 N–H and O–H groups in total. The molecule has 1 heterocycles. The van der Waals surface area contributed by atoms with E-state index in [2.05, 4.69) is 4.98 Å². The molecule has 4 aromatic rings. The molecule has 0 fully saturated rings. The number of methoxy groups -OCH3 is 1. The smallest absolute Gasteiger partial charge is 0.339 e. The van der Waals surface area contributed by atoms with Crippen LogP contribution in [0.15, 0.2) is 79.0 Å². The largest absolute Gasteiger partial charge is 0.488 e. The summed E-state index contributed by atoms with van der Waals surface area (Å²) in [6.45, 7) is 0.259. The molecule has 0 radical (unpaired) electrons. The molecule has 0 bridgehead atoms.